The van der Waals surface area contributed by atoms with Crippen LogP contribution in [0.15, 0.2) is 134 Å². The Balaban J connectivity index is 1.53. The van der Waals surface area contributed by atoms with E-state index in [-0.39, 0.29) is 0 Å². The quantitative estimate of drug-likeness (QED) is 0.203. The van der Waals surface area contributed by atoms with Crippen LogP contribution in [0.25, 0.3) is 82.7 Å². The van der Waals surface area contributed by atoms with Crippen LogP contribution < -0.4 is 0 Å². The van der Waals surface area contributed by atoms with Crippen molar-refractivity contribution in [1.82, 2.24) is 28.5 Å². The highest BCUT2D eigenvalue weighted by atomic mass is 15.2. The summed E-state index contributed by atoms with van der Waals surface area (Å²) in [7, 11) is 0. The van der Waals surface area contributed by atoms with Crippen molar-refractivity contribution in [2.75, 3.05) is 0 Å². The average molecular weight is 551 g/mol. The van der Waals surface area contributed by atoms with Gasteiger partial charge in [0.15, 0.2) is 17.3 Å². The van der Waals surface area contributed by atoms with Crippen molar-refractivity contribution in [1.29, 1.82) is 0 Å². The molecule has 0 spiro atoms. The molecule has 10 rings (SSSR count). The number of benzene rings is 4. The average Bonchev–Trinajstić information content (AvgIpc) is 3.73. The summed E-state index contributed by atoms with van der Waals surface area (Å²) in [5, 5.41) is 6.82. The van der Waals surface area contributed by atoms with Crippen LogP contribution >= 0.6 is 0 Å². The first-order valence-corrected chi connectivity index (χ1v) is 14.4. The Hall–Kier alpha value is -6.01. The molecule has 43 heavy (non-hydrogen) atoms. The van der Waals surface area contributed by atoms with E-state index in [2.05, 4.69) is 128 Å². The van der Waals surface area contributed by atoms with Crippen molar-refractivity contribution in [3.05, 3.63) is 134 Å². The molecule has 0 saturated heterocycles. The van der Waals surface area contributed by atoms with Gasteiger partial charge in [0.25, 0.3) is 0 Å². The molecule has 0 bridgehead atoms. The minimum absolute atomic E-state index is 0.845. The van der Waals surface area contributed by atoms with Crippen LogP contribution in [0.4, 0.5) is 0 Å². The van der Waals surface area contributed by atoms with Gasteiger partial charge >= 0.3 is 0 Å². The molecule has 0 unspecified atom stereocenters. The lowest BCUT2D eigenvalue weighted by Crippen LogP contribution is -2.06. The summed E-state index contributed by atoms with van der Waals surface area (Å²) in [5.74, 6) is 1.81. The molecule has 0 atom stereocenters. The van der Waals surface area contributed by atoms with E-state index < -0.39 is 0 Å². The summed E-state index contributed by atoms with van der Waals surface area (Å²) in [6, 6.07) is 40.6. The third kappa shape index (κ3) is 2.89. The molecule has 6 heterocycles. The number of pyridine rings is 3. The van der Waals surface area contributed by atoms with Gasteiger partial charge < -0.3 is 0 Å². The summed E-state index contributed by atoms with van der Waals surface area (Å²) in [6.07, 6.45) is 5.63. The van der Waals surface area contributed by atoms with Crippen LogP contribution in [0.2, 0.25) is 0 Å². The van der Waals surface area contributed by atoms with E-state index in [0.717, 1.165) is 61.2 Å². The van der Waals surface area contributed by atoms with Gasteiger partial charge in [0.05, 0.1) is 39.3 Å². The summed E-state index contributed by atoms with van der Waals surface area (Å²) < 4.78 is 6.98. The highest BCUT2D eigenvalue weighted by Crippen LogP contribution is 2.40. The molecule has 0 aliphatic carbocycles. The molecular weight excluding hydrogens is 528 g/mol. The van der Waals surface area contributed by atoms with E-state index in [1.165, 1.54) is 21.5 Å². The normalized spacial score (nSPS) is 12.2. The zero-order valence-electron chi connectivity index (χ0n) is 22.9. The summed E-state index contributed by atoms with van der Waals surface area (Å²) in [6.45, 7) is 0. The number of para-hydroxylation sites is 4. The zero-order valence-corrected chi connectivity index (χ0v) is 22.9. The van der Waals surface area contributed by atoms with Crippen LogP contribution in [0.5, 0.6) is 0 Å². The van der Waals surface area contributed by atoms with E-state index in [4.69, 9.17) is 9.97 Å². The Morgan fingerprint density at radius 3 is 1.58 bits per heavy atom. The van der Waals surface area contributed by atoms with Gasteiger partial charge in [-0.3, -0.25) is 23.5 Å². The number of nitrogens with zero attached hydrogens (tertiary/aromatic N) is 6. The zero-order chi connectivity index (χ0) is 28.1. The Bertz CT molecular complexity index is 2640. The van der Waals surface area contributed by atoms with Crippen molar-refractivity contribution < 1.29 is 0 Å². The Morgan fingerprint density at radius 2 is 0.977 bits per heavy atom. The second kappa shape index (κ2) is 8.27. The SMILES string of the molecule is c1ccc2c(c1)c1ccccc1n2-c1nc2c3cccnc3c3ccncc3n2c1-n1c2ccccc2c2ccccc21. The van der Waals surface area contributed by atoms with Gasteiger partial charge in [-0.1, -0.05) is 72.8 Å². The molecule has 0 amide bonds. The van der Waals surface area contributed by atoms with Crippen LogP contribution in [-0.4, -0.2) is 28.5 Å². The van der Waals surface area contributed by atoms with Gasteiger partial charge in [0.2, 0.25) is 0 Å². The number of imidazole rings is 1. The monoisotopic (exact) mass is 550 g/mol. The molecule has 0 saturated carbocycles. The maximum absolute atomic E-state index is 5.54. The maximum atomic E-state index is 5.54. The molecule has 0 aliphatic rings. The minimum atomic E-state index is 0.845. The van der Waals surface area contributed by atoms with Crippen LogP contribution in [0, 0.1) is 0 Å². The highest BCUT2D eigenvalue weighted by Gasteiger charge is 2.26. The fourth-order valence-corrected chi connectivity index (χ4v) is 7.03. The van der Waals surface area contributed by atoms with Gasteiger partial charge in [0.1, 0.15) is 0 Å². The predicted molar refractivity (Wildman–Crippen MR) is 174 cm³/mol. The summed E-state index contributed by atoms with van der Waals surface area (Å²) in [4.78, 5) is 15.0. The first-order valence-electron chi connectivity index (χ1n) is 14.4. The van der Waals surface area contributed by atoms with Gasteiger partial charge in [-0.2, -0.15) is 0 Å². The number of rotatable bonds is 2. The molecule has 0 fully saturated rings. The molecule has 6 heteroatoms. The maximum Gasteiger partial charge on any atom is 0.182 e. The topological polar surface area (TPSA) is 52.9 Å². The van der Waals surface area contributed by atoms with Crippen LogP contribution in [0.1, 0.15) is 0 Å². The molecule has 6 nitrogen and oxygen atoms in total. The lowest BCUT2D eigenvalue weighted by atomic mass is 10.1. The van der Waals surface area contributed by atoms with Gasteiger partial charge in [-0.15, -0.1) is 0 Å². The minimum Gasteiger partial charge on any atom is -0.292 e. The van der Waals surface area contributed by atoms with E-state index in [1.807, 2.05) is 24.7 Å². The fourth-order valence-electron chi connectivity index (χ4n) is 7.03. The third-order valence-electron chi connectivity index (χ3n) is 8.76. The molecule has 6 aromatic heterocycles. The highest BCUT2D eigenvalue weighted by molar-refractivity contribution is 6.13. The van der Waals surface area contributed by atoms with Crippen LogP contribution in [-0.2, 0) is 0 Å². The number of aromatic nitrogens is 6. The second-order valence-electron chi connectivity index (χ2n) is 10.9. The third-order valence-corrected chi connectivity index (χ3v) is 8.76. The molecular formula is C37H22N6. The Morgan fingerprint density at radius 1 is 0.442 bits per heavy atom. The smallest absolute Gasteiger partial charge is 0.182 e. The van der Waals surface area contributed by atoms with E-state index in [1.54, 1.807) is 0 Å². The Labute approximate surface area is 244 Å². The first kappa shape index (κ1) is 22.7. The summed E-state index contributed by atoms with van der Waals surface area (Å²) in [5.41, 5.74) is 7.18. The largest absolute Gasteiger partial charge is 0.292 e. The summed E-state index contributed by atoms with van der Waals surface area (Å²) >= 11 is 0. The molecule has 0 radical (unpaired) electrons. The standard InChI is InChI=1S/C37H22N6/c1-5-15-29-23(10-1)24-11-2-6-16-30(24)41(29)36-37(42-31-17-7-3-12-25(31)26-13-4-8-18-32(26)42)43-33-22-38-21-19-27(33)34-28(35(43)40-36)14-9-20-39-34/h1-22H. The molecule has 10 aromatic rings. The number of fused-ring (bicyclic) bond motifs is 12. The van der Waals surface area contributed by atoms with Crippen molar-refractivity contribution in [3.8, 4) is 11.6 Å². The fraction of sp³-hybridized carbons (Fsp3) is 0. The Kier molecular flexibility index (Phi) is 4.36. The lowest BCUT2D eigenvalue weighted by molar-refractivity contribution is 1.02. The molecule has 0 aliphatic heterocycles. The van der Waals surface area contributed by atoms with E-state index in [9.17, 15) is 0 Å². The van der Waals surface area contributed by atoms with Crippen molar-refractivity contribution in [3.63, 3.8) is 0 Å². The van der Waals surface area contributed by atoms with Crippen molar-refractivity contribution >= 4 is 71.1 Å². The van der Waals surface area contributed by atoms with Crippen molar-refractivity contribution in [2.24, 2.45) is 0 Å². The van der Waals surface area contributed by atoms with E-state index >= 15 is 0 Å². The van der Waals surface area contributed by atoms with E-state index in [0.29, 0.717) is 0 Å². The van der Waals surface area contributed by atoms with Gasteiger partial charge in [0, 0.05) is 44.7 Å². The number of hydrogen-bond acceptors (Lipinski definition) is 3. The first-order chi connectivity index (χ1) is 21.4. The molecule has 200 valence electrons. The van der Waals surface area contributed by atoms with Gasteiger partial charge in [-0.05, 0) is 42.5 Å². The lowest BCUT2D eigenvalue weighted by Gasteiger charge is -2.14. The molecule has 0 N–H and O–H groups in total. The van der Waals surface area contributed by atoms with Crippen LogP contribution in [0.3, 0.4) is 0 Å². The molecule has 4 aromatic carbocycles. The predicted octanol–water partition coefficient (Wildman–Crippen LogP) is 8.62. The second-order valence-corrected chi connectivity index (χ2v) is 10.9. The van der Waals surface area contributed by atoms with Crippen molar-refractivity contribution in [2.45, 2.75) is 0 Å². The number of hydrogen-bond donors (Lipinski definition) is 0. The van der Waals surface area contributed by atoms with Gasteiger partial charge in [-0.25, -0.2) is 4.98 Å².